The zero-order valence-corrected chi connectivity index (χ0v) is 12.5. The Morgan fingerprint density at radius 3 is 2.18 bits per heavy atom. The van der Waals surface area contributed by atoms with Gasteiger partial charge >= 0.3 is 0 Å². The number of benzene rings is 1. The lowest BCUT2D eigenvalue weighted by atomic mass is 10.2. The molecule has 0 aliphatic rings. The molecule has 0 fully saturated rings. The molecule has 2 nitrogen and oxygen atoms in total. The number of nitrogens with zero attached hydrogens (tertiary/aromatic N) is 2. The first kappa shape index (κ1) is 13.1. The van der Waals surface area contributed by atoms with E-state index < -0.39 is 0 Å². The summed E-state index contributed by atoms with van der Waals surface area (Å²) in [6, 6.07) is 5.33. The fourth-order valence-corrected chi connectivity index (χ4v) is 2.50. The van der Waals surface area contributed by atoms with E-state index >= 15 is 0 Å². The minimum atomic E-state index is 0.349. The third-order valence-electron chi connectivity index (χ3n) is 2.20. The van der Waals surface area contributed by atoms with E-state index in [9.17, 15) is 0 Å². The van der Waals surface area contributed by atoms with Crippen LogP contribution in [0.4, 0.5) is 0 Å². The van der Waals surface area contributed by atoms with E-state index in [1.54, 1.807) is 19.1 Å². The molecule has 6 heteroatoms. The quantitative estimate of drug-likeness (QED) is 0.661. The second-order valence-corrected chi connectivity index (χ2v) is 5.38. The van der Waals surface area contributed by atoms with Crippen LogP contribution in [0.25, 0.3) is 11.4 Å². The zero-order chi connectivity index (χ0) is 12.6. The Bertz CT molecular complexity index is 564. The number of hydrogen-bond donors (Lipinski definition) is 0. The Kier molecular flexibility index (Phi) is 3.93. The highest BCUT2D eigenvalue weighted by molar-refractivity contribution is 9.10. The van der Waals surface area contributed by atoms with Gasteiger partial charge in [-0.25, -0.2) is 9.97 Å². The molecule has 0 radical (unpaired) electrons. The number of aromatic nitrogens is 2. The van der Waals surface area contributed by atoms with E-state index in [0.29, 0.717) is 26.7 Å². The summed E-state index contributed by atoms with van der Waals surface area (Å²) in [4.78, 5) is 8.38. The normalized spacial score (nSPS) is 10.6. The van der Waals surface area contributed by atoms with Gasteiger partial charge in [-0.05, 0) is 41.1 Å². The molecule has 17 heavy (non-hydrogen) atoms. The molecule has 1 aromatic heterocycles. The fraction of sp³-hybridized carbons (Fsp3) is 0.0909. The van der Waals surface area contributed by atoms with Gasteiger partial charge in [0.05, 0.1) is 0 Å². The minimum Gasteiger partial charge on any atom is -0.216 e. The molecule has 0 aliphatic carbocycles. The summed E-state index contributed by atoms with van der Waals surface area (Å²) in [6.07, 6.45) is 0. The lowest BCUT2D eigenvalue weighted by Gasteiger charge is -2.06. The maximum Gasteiger partial charge on any atom is 0.163 e. The van der Waals surface area contributed by atoms with Crippen LogP contribution in [-0.4, -0.2) is 9.97 Å². The monoisotopic (exact) mass is 350 g/mol. The lowest BCUT2D eigenvalue weighted by Crippen LogP contribution is -1.94. The molecule has 0 saturated carbocycles. The molecule has 2 aromatic rings. The van der Waals surface area contributed by atoms with Crippen molar-refractivity contribution in [2.75, 3.05) is 0 Å². The van der Waals surface area contributed by atoms with E-state index in [0.717, 1.165) is 10.0 Å². The van der Waals surface area contributed by atoms with E-state index in [2.05, 4.69) is 25.9 Å². The Hall–Kier alpha value is -0.350. The first-order valence-corrected chi connectivity index (χ1v) is 6.57. The Morgan fingerprint density at radius 1 is 1.06 bits per heavy atom. The van der Waals surface area contributed by atoms with Crippen molar-refractivity contribution >= 4 is 50.7 Å². The third-order valence-corrected chi connectivity index (χ3v) is 3.83. The number of halogens is 4. The van der Waals surface area contributed by atoms with Gasteiger partial charge in [0.25, 0.3) is 0 Å². The van der Waals surface area contributed by atoms with E-state index in [1.807, 2.05) is 6.07 Å². The smallest absolute Gasteiger partial charge is 0.163 e. The summed E-state index contributed by atoms with van der Waals surface area (Å²) in [5.74, 6) is 0.467. The highest BCUT2D eigenvalue weighted by Crippen LogP contribution is 2.31. The van der Waals surface area contributed by atoms with E-state index in [1.165, 1.54) is 0 Å². The molecule has 1 heterocycles. The van der Waals surface area contributed by atoms with Gasteiger partial charge in [0.1, 0.15) is 10.3 Å². The first-order valence-electron chi connectivity index (χ1n) is 4.64. The molecule has 0 saturated heterocycles. The molecule has 2 rings (SSSR count). The molecular formula is C11H6BrCl3N2. The van der Waals surface area contributed by atoms with Crippen molar-refractivity contribution < 1.29 is 0 Å². The molecule has 1 aromatic carbocycles. The first-order chi connectivity index (χ1) is 7.99. The van der Waals surface area contributed by atoms with Crippen molar-refractivity contribution in [1.29, 1.82) is 0 Å². The van der Waals surface area contributed by atoms with Gasteiger partial charge in [-0.15, -0.1) is 0 Å². The molecule has 0 N–H and O–H groups in total. The molecule has 0 amide bonds. The maximum atomic E-state index is 5.98. The van der Waals surface area contributed by atoms with Gasteiger partial charge < -0.3 is 0 Å². The van der Waals surface area contributed by atoms with Gasteiger partial charge in [-0.2, -0.15) is 0 Å². The van der Waals surface area contributed by atoms with Gasteiger partial charge in [-0.3, -0.25) is 0 Å². The summed E-state index contributed by atoms with van der Waals surface area (Å²) >= 11 is 21.2. The standard InChI is InChI=1S/C11H6BrCl3N2/c1-5-9(14)16-11(17-10(5)15)7-3-2-6(13)4-8(7)12/h2-4H,1H3. The van der Waals surface area contributed by atoms with Gasteiger partial charge in [0.2, 0.25) is 0 Å². The molecule has 88 valence electrons. The maximum absolute atomic E-state index is 5.98. The van der Waals surface area contributed by atoms with Crippen molar-refractivity contribution in [3.05, 3.63) is 43.6 Å². The average molecular weight is 352 g/mol. The number of rotatable bonds is 1. The molecule has 0 spiro atoms. The number of hydrogen-bond acceptors (Lipinski definition) is 2. The topological polar surface area (TPSA) is 25.8 Å². The molecule has 0 bridgehead atoms. The van der Waals surface area contributed by atoms with Gasteiger partial charge in [0.15, 0.2) is 5.82 Å². The summed E-state index contributed by atoms with van der Waals surface area (Å²) in [7, 11) is 0. The van der Waals surface area contributed by atoms with Crippen LogP contribution in [0.2, 0.25) is 15.3 Å². The van der Waals surface area contributed by atoms with Crippen LogP contribution in [-0.2, 0) is 0 Å². The molecule has 0 aliphatic heterocycles. The third kappa shape index (κ3) is 2.74. The van der Waals surface area contributed by atoms with Crippen molar-refractivity contribution in [1.82, 2.24) is 9.97 Å². The van der Waals surface area contributed by atoms with Crippen LogP contribution in [0.15, 0.2) is 22.7 Å². The van der Waals surface area contributed by atoms with Crippen LogP contribution in [0.1, 0.15) is 5.56 Å². The predicted octanol–water partition coefficient (Wildman–Crippen LogP) is 5.17. The second kappa shape index (κ2) is 5.11. The summed E-state index contributed by atoms with van der Waals surface area (Å²) < 4.78 is 0.793. The van der Waals surface area contributed by atoms with Crippen molar-refractivity contribution in [2.24, 2.45) is 0 Å². The Morgan fingerprint density at radius 2 is 1.65 bits per heavy atom. The largest absolute Gasteiger partial charge is 0.216 e. The molecule has 0 unspecified atom stereocenters. The SMILES string of the molecule is Cc1c(Cl)nc(-c2ccc(Cl)cc2Br)nc1Cl. The van der Waals surface area contributed by atoms with Crippen LogP contribution in [0.3, 0.4) is 0 Å². The molecule has 0 atom stereocenters. The summed E-state index contributed by atoms with van der Waals surface area (Å²) in [5.41, 5.74) is 1.46. The second-order valence-electron chi connectivity index (χ2n) is 3.38. The van der Waals surface area contributed by atoms with Gasteiger partial charge in [0, 0.05) is 20.6 Å². The summed E-state index contributed by atoms with van der Waals surface area (Å²) in [5, 5.41) is 1.33. The Balaban J connectivity index is 2.61. The average Bonchev–Trinajstić information content (AvgIpc) is 2.25. The zero-order valence-electron chi connectivity index (χ0n) is 8.64. The highest BCUT2D eigenvalue weighted by Gasteiger charge is 2.11. The lowest BCUT2D eigenvalue weighted by molar-refractivity contribution is 1.14. The summed E-state index contributed by atoms with van der Waals surface area (Å²) in [6.45, 7) is 1.77. The van der Waals surface area contributed by atoms with Crippen molar-refractivity contribution in [3.63, 3.8) is 0 Å². The van der Waals surface area contributed by atoms with E-state index in [-0.39, 0.29) is 0 Å². The van der Waals surface area contributed by atoms with Gasteiger partial charge in [-0.1, -0.05) is 34.8 Å². The van der Waals surface area contributed by atoms with Crippen molar-refractivity contribution in [3.8, 4) is 11.4 Å². The van der Waals surface area contributed by atoms with E-state index in [4.69, 9.17) is 34.8 Å². The van der Waals surface area contributed by atoms with Crippen LogP contribution in [0, 0.1) is 6.92 Å². The van der Waals surface area contributed by atoms with Crippen molar-refractivity contribution in [2.45, 2.75) is 6.92 Å². The predicted molar refractivity (Wildman–Crippen MR) is 74.9 cm³/mol. The van der Waals surface area contributed by atoms with Crippen LogP contribution in [0.5, 0.6) is 0 Å². The van der Waals surface area contributed by atoms with Crippen LogP contribution < -0.4 is 0 Å². The minimum absolute atomic E-state index is 0.349. The van der Waals surface area contributed by atoms with Crippen LogP contribution >= 0.6 is 50.7 Å². The highest BCUT2D eigenvalue weighted by atomic mass is 79.9. The Labute approximate surface area is 122 Å². The molecular weight excluding hydrogens is 346 g/mol. The fourth-order valence-electron chi connectivity index (χ4n) is 1.26.